The highest BCUT2D eigenvalue weighted by molar-refractivity contribution is 8.13. The van der Waals surface area contributed by atoms with Crippen LogP contribution in [0.5, 0.6) is 0 Å². The first kappa shape index (κ1) is 10.1. The molecule has 0 aromatic heterocycles. The maximum Gasteiger partial charge on any atom is 0.281 e. The first-order chi connectivity index (χ1) is 6.09. The van der Waals surface area contributed by atoms with Crippen LogP contribution in [0.2, 0.25) is 0 Å². The standard InChI is InChI=1S/C10H13NOS/c1-7(2)8-3-5-9(6-4-8)13-10(11)12/h3-7H,1-2H3,(H2,11,12). The third-order valence-electron chi connectivity index (χ3n) is 1.77. The van der Waals surface area contributed by atoms with Crippen LogP contribution in [-0.2, 0) is 0 Å². The summed E-state index contributed by atoms with van der Waals surface area (Å²) in [6.07, 6.45) is 0. The molecular formula is C10H13NOS. The van der Waals surface area contributed by atoms with Gasteiger partial charge in [-0.3, -0.25) is 4.79 Å². The molecule has 0 radical (unpaired) electrons. The predicted molar refractivity (Wildman–Crippen MR) is 56.0 cm³/mol. The van der Waals surface area contributed by atoms with E-state index < -0.39 is 0 Å². The molecule has 0 spiro atoms. The van der Waals surface area contributed by atoms with Gasteiger partial charge < -0.3 is 5.73 Å². The maximum atomic E-state index is 10.6. The van der Waals surface area contributed by atoms with E-state index in [0.717, 1.165) is 16.7 Å². The summed E-state index contributed by atoms with van der Waals surface area (Å²) in [7, 11) is 0. The Kier molecular flexibility index (Phi) is 3.37. The van der Waals surface area contributed by atoms with Crippen molar-refractivity contribution in [1.29, 1.82) is 0 Å². The van der Waals surface area contributed by atoms with Gasteiger partial charge in [0.25, 0.3) is 5.24 Å². The number of hydrogen-bond acceptors (Lipinski definition) is 2. The Hall–Kier alpha value is -0.960. The van der Waals surface area contributed by atoms with Gasteiger partial charge in [-0.25, -0.2) is 0 Å². The maximum absolute atomic E-state index is 10.6. The van der Waals surface area contributed by atoms with Crippen molar-refractivity contribution in [3.63, 3.8) is 0 Å². The van der Waals surface area contributed by atoms with Crippen molar-refractivity contribution in [2.24, 2.45) is 5.73 Å². The molecule has 0 bridgehead atoms. The molecule has 1 aromatic rings. The minimum atomic E-state index is -0.364. The van der Waals surface area contributed by atoms with E-state index in [1.54, 1.807) is 0 Å². The number of benzene rings is 1. The first-order valence-electron chi connectivity index (χ1n) is 4.17. The van der Waals surface area contributed by atoms with Gasteiger partial charge in [0, 0.05) is 4.90 Å². The Labute approximate surface area is 82.5 Å². The summed E-state index contributed by atoms with van der Waals surface area (Å²) in [4.78, 5) is 11.5. The quantitative estimate of drug-likeness (QED) is 0.737. The van der Waals surface area contributed by atoms with E-state index in [0.29, 0.717) is 5.92 Å². The lowest BCUT2D eigenvalue weighted by atomic mass is 10.0. The average molecular weight is 195 g/mol. The number of carbonyl (C=O) groups is 1. The van der Waals surface area contributed by atoms with Gasteiger partial charge in [-0.15, -0.1) is 0 Å². The molecule has 0 aliphatic rings. The summed E-state index contributed by atoms with van der Waals surface area (Å²) in [5.74, 6) is 0.521. The Morgan fingerprint density at radius 3 is 2.23 bits per heavy atom. The summed E-state index contributed by atoms with van der Waals surface area (Å²) in [6.45, 7) is 4.27. The van der Waals surface area contributed by atoms with Gasteiger partial charge >= 0.3 is 0 Å². The summed E-state index contributed by atoms with van der Waals surface area (Å²) in [6, 6.07) is 7.89. The van der Waals surface area contributed by atoms with E-state index >= 15 is 0 Å². The van der Waals surface area contributed by atoms with E-state index in [9.17, 15) is 4.79 Å². The Balaban J connectivity index is 2.75. The number of carbonyl (C=O) groups excluding carboxylic acids is 1. The van der Waals surface area contributed by atoms with Crippen LogP contribution in [-0.4, -0.2) is 5.24 Å². The topological polar surface area (TPSA) is 43.1 Å². The van der Waals surface area contributed by atoms with Crippen LogP contribution in [0.3, 0.4) is 0 Å². The lowest BCUT2D eigenvalue weighted by Gasteiger charge is -2.04. The van der Waals surface area contributed by atoms with E-state index in [1.807, 2.05) is 24.3 Å². The second kappa shape index (κ2) is 4.33. The monoisotopic (exact) mass is 195 g/mol. The number of hydrogen-bond donors (Lipinski definition) is 1. The van der Waals surface area contributed by atoms with Crippen LogP contribution in [0.4, 0.5) is 4.79 Å². The second-order valence-corrected chi connectivity index (χ2v) is 4.22. The third-order valence-corrected chi connectivity index (χ3v) is 2.47. The van der Waals surface area contributed by atoms with Crippen molar-refractivity contribution in [3.8, 4) is 0 Å². The zero-order chi connectivity index (χ0) is 9.84. The number of nitrogens with two attached hydrogens (primary N) is 1. The third kappa shape index (κ3) is 3.11. The van der Waals surface area contributed by atoms with Crippen LogP contribution in [0, 0.1) is 0 Å². The minimum Gasteiger partial charge on any atom is -0.360 e. The zero-order valence-corrected chi connectivity index (χ0v) is 8.60. The molecule has 0 fully saturated rings. The Bertz CT molecular complexity index is 292. The van der Waals surface area contributed by atoms with Gasteiger partial charge in [0.15, 0.2) is 0 Å². The van der Waals surface area contributed by atoms with Crippen LogP contribution in [0.25, 0.3) is 0 Å². The molecule has 1 aromatic carbocycles. The highest BCUT2D eigenvalue weighted by Gasteiger charge is 2.01. The van der Waals surface area contributed by atoms with Crippen LogP contribution < -0.4 is 5.73 Å². The van der Waals surface area contributed by atoms with Crippen LogP contribution in [0.1, 0.15) is 25.3 Å². The van der Waals surface area contributed by atoms with Gasteiger partial charge in [-0.1, -0.05) is 26.0 Å². The number of primary amides is 1. The minimum absolute atomic E-state index is 0.364. The van der Waals surface area contributed by atoms with Gasteiger partial charge in [-0.05, 0) is 35.4 Å². The molecule has 1 rings (SSSR count). The summed E-state index contributed by atoms with van der Waals surface area (Å²) in [5.41, 5.74) is 6.32. The highest BCUT2D eigenvalue weighted by atomic mass is 32.2. The Morgan fingerprint density at radius 1 is 1.31 bits per heavy atom. The molecule has 2 N–H and O–H groups in total. The predicted octanol–water partition coefficient (Wildman–Crippen LogP) is 2.98. The van der Waals surface area contributed by atoms with E-state index in [4.69, 9.17) is 5.73 Å². The van der Waals surface area contributed by atoms with Crippen molar-refractivity contribution in [2.75, 3.05) is 0 Å². The molecule has 0 heterocycles. The van der Waals surface area contributed by atoms with Gasteiger partial charge in [0.05, 0.1) is 0 Å². The average Bonchev–Trinajstić information content (AvgIpc) is 2.04. The fourth-order valence-electron chi connectivity index (χ4n) is 1.04. The van der Waals surface area contributed by atoms with Crippen molar-refractivity contribution in [1.82, 2.24) is 0 Å². The normalized spacial score (nSPS) is 10.4. The van der Waals surface area contributed by atoms with E-state index in [-0.39, 0.29) is 5.24 Å². The van der Waals surface area contributed by atoms with Gasteiger partial charge in [0.1, 0.15) is 0 Å². The zero-order valence-electron chi connectivity index (χ0n) is 7.78. The van der Waals surface area contributed by atoms with Crippen molar-refractivity contribution in [2.45, 2.75) is 24.7 Å². The largest absolute Gasteiger partial charge is 0.360 e. The fourth-order valence-corrected chi connectivity index (χ4v) is 1.54. The molecule has 2 nitrogen and oxygen atoms in total. The molecular weight excluding hydrogens is 182 g/mol. The van der Waals surface area contributed by atoms with E-state index in [2.05, 4.69) is 13.8 Å². The van der Waals surface area contributed by atoms with Gasteiger partial charge in [0.2, 0.25) is 0 Å². The fraction of sp³-hybridized carbons (Fsp3) is 0.300. The summed E-state index contributed by atoms with van der Waals surface area (Å²) >= 11 is 1.06. The van der Waals surface area contributed by atoms with Crippen molar-refractivity contribution < 1.29 is 4.79 Å². The number of thioether (sulfide) groups is 1. The second-order valence-electron chi connectivity index (χ2n) is 3.14. The lowest BCUT2D eigenvalue weighted by molar-refractivity contribution is 0.267. The molecule has 0 aliphatic carbocycles. The smallest absolute Gasteiger partial charge is 0.281 e. The molecule has 1 amide bonds. The van der Waals surface area contributed by atoms with Crippen molar-refractivity contribution in [3.05, 3.63) is 29.8 Å². The molecule has 3 heteroatoms. The van der Waals surface area contributed by atoms with Crippen LogP contribution in [0.15, 0.2) is 29.2 Å². The molecule has 0 saturated carbocycles. The summed E-state index contributed by atoms with van der Waals surface area (Å²) < 4.78 is 0. The van der Waals surface area contributed by atoms with Gasteiger partial charge in [-0.2, -0.15) is 0 Å². The first-order valence-corrected chi connectivity index (χ1v) is 4.98. The molecule has 13 heavy (non-hydrogen) atoms. The number of amides is 1. The molecule has 0 saturated heterocycles. The molecule has 0 atom stereocenters. The molecule has 0 unspecified atom stereocenters. The van der Waals surface area contributed by atoms with E-state index in [1.165, 1.54) is 5.56 Å². The molecule has 0 aliphatic heterocycles. The van der Waals surface area contributed by atoms with Crippen molar-refractivity contribution >= 4 is 17.0 Å². The van der Waals surface area contributed by atoms with Crippen LogP contribution >= 0.6 is 11.8 Å². The number of rotatable bonds is 2. The summed E-state index contributed by atoms with van der Waals surface area (Å²) in [5, 5.41) is -0.364. The lowest BCUT2D eigenvalue weighted by Crippen LogP contribution is -2.01. The molecule has 70 valence electrons. The highest BCUT2D eigenvalue weighted by Crippen LogP contribution is 2.21. The Morgan fingerprint density at radius 2 is 1.85 bits per heavy atom. The SMILES string of the molecule is CC(C)c1ccc(SC(N)=O)cc1.